The maximum atomic E-state index is 3.75. The first-order valence-corrected chi connectivity index (χ1v) is 7.88. The van der Waals surface area contributed by atoms with Gasteiger partial charge in [0.2, 0.25) is 0 Å². The molecule has 0 saturated heterocycles. The Morgan fingerprint density at radius 1 is 0.941 bits per heavy atom. The molecule has 0 fully saturated rings. The first kappa shape index (κ1) is 15.2. The second-order valence-corrected chi connectivity index (χ2v) is 7.98. The van der Waals surface area contributed by atoms with Crippen LogP contribution in [-0.2, 0) is 16.2 Å². The van der Waals surface area contributed by atoms with E-state index in [4.69, 9.17) is 0 Å². The Balaban J connectivity index is 3.50. The van der Waals surface area contributed by atoms with Gasteiger partial charge in [-0.15, -0.1) is 0 Å². The molecule has 0 heterocycles. The predicted octanol–water partition coefficient (Wildman–Crippen LogP) is 5.94. The maximum Gasteiger partial charge on any atom is 0.0294 e. The van der Waals surface area contributed by atoms with Gasteiger partial charge < -0.3 is 0 Å². The van der Waals surface area contributed by atoms with Crippen LogP contribution in [0.15, 0.2) is 16.6 Å². The molecule has 0 saturated carbocycles. The van der Waals surface area contributed by atoms with Crippen LogP contribution in [0.25, 0.3) is 0 Å². The lowest BCUT2D eigenvalue weighted by molar-refractivity contribution is 0.565. The van der Waals surface area contributed by atoms with Crippen LogP contribution >= 0.6 is 31.9 Å². The third-order valence-corrected chi connectivity index (χ3v) is 4.51. The number of benzene rings is 1. The maximum absolute atomic E-state index is 3.75. The minimum Gasteiger partial charge on any atom is -0.0876 e. The number of alkyl halides is 1. The number of halogens is 2. The molecule has 0 aliphatic heterocycles. The van der Waals surface area contributed by atoms with Crippen molar-refractivity contribution in [2.24, 2.45) is 0 Å². The fourth-order valence-electron chi connectivity index (χ4n) is 1.76. The van der Waals surface area contributed by atoms with Gasteiger partial charge in [-0.2, -0.15) is 0 Å². The second kappa shape index (κ2) is 5.05. The standard InChI is InChI=1S/C15H22Br2/c1-14(2,3)11-7-10(9-16)13(17)12(8-11)15(4,5)6/h7-8H,9H2,1-6H3. The van der Waals surface area contributed by atoms with Gasteiger partial charge in [-0.05, 0) is 27.5 Å². The fourth-order valence-corrected chi connectivity index (χ4v) is 3.54. The van der Waals surface area contributed by atoms with Crippen LogP contribution < -0.4 is 0 Å². The highest BCUT2D eigenvalue weighted by Gasteiger charge is 2.23. The molecule has 0 aliphatic rings. The molecule has 1 rings (SSSR count). The summed E-state index contributed by atoms with van der Waals surface area (Å²) in [5.74, 6) is 0. The van der Waals surface area contributed by atoms with Gasteiger partial charge in [0.15, 0.2) is 0 Å². The minimum atomic E-state index is 0.164. The molecule has 1 aromatic rings. The SMILES string of the molecule is CC(C)(C)c1cc(CBr)c(Br)c(C(C)(C)C)c1. The van der Waals surface area contributed by atoms with Crippen LogP contribution in [0.3, 0.4) is 0 Å². The topological polar surface area (TPSA) is 0 Å². The molecule has 0 bridgehead atoms. The lowest BCUT2D eigenvalue weighted by Crippen LogP contribution is -2.17. The molecule has 1 aromatic carbocycles. The normalized spacial score (nSPS) is 12.9. The third-order valence-electron chi connectivity index (χ3n) is 2.97. The minimum absolute atomic E-state index is 0.164. The monoisotopic (exact) mass is 360 g/mol. The largest absolute Gasteiger partial charge is 0.0876 e. The van der Waals surface area contributed by atoms with Gasteiger partial charge in [0.05, 0.1) is 0 Å². The molecule has 0 nitrogen and oxygen atoms in total. The van der Waals surface area contributed by atoms with Crippen LogP contribution in [0.2, 0.25) is 0 Å². The molecule has 17 heavy (non-hydrogen) atoms. The van der Waals surface area contributed by atoms with Crippen molar-refractivity contribution in [3.8, 4) is 0 Å². The predicted molar refractivity (Wildman–Crippen MR) is 84.2 cm³/mol. The molecular formula is C15H22Br2. The van der Waals surface area contributed by atoms with Gasteiger partial charge in [0, 0.05) is 9.80 Å². The Morgan fingerprint density at radius 3 is 1.82 bits per heavy atom. The first-order chi connectivity index (χ1) is 7.57. The quantitative estimate of drug-likeness (QED) is 0.543. The Hall–Kier alpha value is 0.180. The van der Waals surface area contributed by atoms with Crippen molar-refractivity contribution >= 4 is 31.9 Å². The van der Waals surface area contributed by atoms with Crippen molar-refractivity contribution in [1.29, 1.82) is 0 Å². The summed E-state index contributed by atoms with van der Waals surface area (Å²) in [4.78, 5) is 0. The van der Waals surface area contributed by atoms with Gasteiger partial charge in [-0.1, -0.05) is 85.5 Å². The van der Waals surface area contributed by atoms with Crippen LogP contribution in [0, 0.1) is 0 Å². The number of hydrogen-bond donors (Lipinski definition) is 0. The van der Waals surface area contributed by atoms with Crippen molar-refractivity contribution in [2.75, 3.05) is 0 Å². The first-order valence-electron chi connectivity index (χ1n) is 5.96. The molecule has 0 radical (unpaired) electrons. The van der Waals surface area contributed by atoms with Gasteiger partial charge >= 0.3 is 0 Å². The van der Waals surface area contributed by atoms with E-state index in [1.807, 2.05) is 0 Å². The Bertz CT molecular complexity index is 406. The summed E-state index contributed by atoms with van der Waals surface area (Å²) in [5.41, 5.74) is 4.48. The molecular weight excluding hydrogens is 340 g/mol. The summed E-state index contributed by atoms with van der Waals surface area (Å²) >= 11 is 7.33. The Labute approximate surface area is 122 Å². The van der Waals surface area contributed by atoms with E-state index >= 15 is 0 Å². The average molecular weight is 362 g/mol. The zero-order valence-electron chi connectivity index (χ0n) is 11.6. The van der Waals surface area contributed by atoms with Crippen molar-refractivity contribution in [2.45, 2.75) is 57.7 Å². The average Bonchev–Trinajstić information content (AvgIpc) is 2.14. The van der Waals surface area contributed by atoms with Crippen molar-refractivity contribution in [1.82, 2.24) is 0 Å². The lowest BCUT2D eigenvalue weighted by atomic mass is 9.80. The van der Waals surface area contributed by atoms with E-state index in [1.165, 1.54) is 21.2 Å². The van der Waals surface area contributed by atoms with E-state index in [0.717, 1.165) is 5.33 Å². The van der Waals surface area contributed by atoms with Crippen LogP contribution in [0.1, 0.15) is 58.2 Å². The van der Waals surface area contributed by atoms with E-state index < -0.39 is 0 Å². The molecule has 0 spiro atoms. The number of hydrogen-bond acceptors (Lipinski definition) is 0. The summed E-state index contributed by atoms with van der Waals surface area (Å²) in [7, 11) is 0. The van der Waals surface area contributed by atoms with Crippen molar-refractivity contribution < 1.29 is 0 Å². The van der Waals surface area contributed by atoms with Gasteiger partial charge in [-0.25, -0.2) is 0 Å². The summed E-state index contributed by atoms with van der Waals surface area (Å²) < 4.78 is 1.25. The molecule has 0 N–H and O–H groups in total. The smallest absolute Gasteiger partial charge is 0.0294 e. The van der Waals surface area contributed by atoms with E-state index in [2.05, 4.69) is 85.5 Å². The summed E-state index contributed by atoms with van der Waals surface area (Å²) in [6.45, 7) is 13.6. The highest BCUT2D eigenvalue weighted by atomic mass is 79.9. The Morgan fingerprint density at radius 2 is 1.47 bits per heavy atom. The van der Waals surface area contributed by atoms with Crippen LogP contribution in [0.4, 0.5) is 0 Å². The van der Waals surface area contributed by atoms with Gasteiger partial charge in [0.1, 0.15) is 0 Å². The van der Waals surface area contributed by atoms with Crippen LogP contribution in [-0.4, -0.2) is 0 Å². The number of rotatable bonds is 1. The summed E-state index contributed by atoms with van der Waals surface area (Å²) in [5, 5.41) is 0.889. The molecule has 2 heteroatoms. The van der Waals surface area contributed by atoms with Crippen LogP contribution in [0.5, 0.6) is 0 Å². The van der Waals surface area contributed by atoms with Gasteiger partial charge in [0.25, 0.3) is 0 Å². The summed E-state index contributed by atoms with van der Waals surface area (Å²) in [6, 6.07) is 4.64. The molecule has 96 valence electrons. The lowest BCUT2D eigenvalue weighted by Gasteiger charge is -2.27. The molecule has 0 aromatic heterocycles. The van der Waals surface area contributed by atoms with E-state index in [0.29, 0.717) is 0 Å². The fraction of sp³-hybridized carbons (Fsp3) is 0.600. The third kappa shape index (κ3) is 3.57. The molecule has 0 unspecified atom stereocenters. The van der Waals surface area contributed by atoms with E-state index in [1.54, 1.807) is 0 Å². The highest BCUT2D eigenvalue weighted by molar-refractivity contribution is 9.10. The van der Waals surface area contributed by atoms with Gasteiger partial charge in [-0.3, -0.25) is 0 Å². The Kier molecular flexibility index (Phi) is 4.52. The van der Waals surface area contributed by atoms with E-state index in [9.17, 15) is 0 Å². The second-order valence-electron chi connectivity index (χ2n) is 6.63. The molecule has 0 amide bonds. The highest BCUT2D eigenvalue weighted by Crippen LogP contribution is 2.37. The van der Waals surface area contributed by atoms with Crippen molar-refractivity contribution in [3.05, 3.63) is 33.3 Å². The van der Waals surface area contributed by atoms with E-state index in [-0.39, 0.29) is 10.8 Å². The zero-order valence-corrected chi connectivity index (χ0v) is 14.8. The van der Waals surface area contributed by atoms with Crippen molar-refractivity contribution in [3.63, 3.8) is 0 Å². The zero-order chi connectivity index (χ0) is 13.4. The molecule has 0 aliphatic carbocycles. The summed E-state index contributed by atoms with van der Waals surface area (Å²) in [6.07, 6.45) is 0. The molecule has 0 atom stereocenters.